The number of aliphatic carboxylic acids is 3. The van der Waals surface area contributed by atoms with Crippen LogP contribution >= 0.6 is 0 Å². The van der Waals surface area contributed by atoms with E-state index in [1.165, 1.54) is 4.68 Å². The van der Waals surface area contributed by atoms with Crippen LogP contribution in [0.1, 0.15) is 212 Å². The van der Waals surface area contributed by atoms with E-state index in [1.54, 1.807) is 46.2 Å². The molecule has 42 heteroatoms. The molecule has 0 aliphatic rings. The Morgan fingerprint density at radius 2 is 0.875 bits per heavy atom. The van der Waals surface area contributed by atoms with E-state index in [2.05, 4.69) is 73.5 Å². The maximum absolute atomic E-state index is 13.9. The first kappa shape index (κ1) is 98.5. The van der Waals surface area contributed by atoms with Crippen molar-refractivity contribution in [3.8, 4) is 5.69 Å². The normalized spacial score (nSPS) is 11.2. The van der Waals surface area contributed by atoms with E-state index in [4.69, 9.17) is 54.8 Å². The lowest BCUT2D eigenvalue weighted by molar-refractivity contribution is -0.193. The highest BCUT2D eigenvalue weighted by molar-refractivity contribution is 6.02. The summed E-state index contributed by atoms with van der Waals surface area (Å²) in [6.45, 7) is 4.48. The number of ketones is 3. The summed E-state index contributed by atoms with van der Waals surface area (Å²) in [6.07, 6.45) is 17.0. The highest BCUT2D eigenvalue weighted by Crippen LogP contribution is 2.21. The van der Waals surface area contributed by atoms with E-state index in [0.29, 0.717) is 158 Å². The number of benzene rings is 1. The molecule has 0 saturated carbocycles. The summed E-state index contributed by atoms with van der Waals surface area (Å²) in [4.78, 5) is 199. The van der Waals surface area contributed by atoms with Gasteiger partial charge >= 0.3 is 48.4 Å². The lowest BCUT2D eigenvalue weighted by Crippen LogP contribution is -2.47. The van der Waals surface area contributed by atoms with Gasteiger partial charge in [0.2, 0.25) is 23.6 Å². The van der Waals surface area contributed by atoms with Crippen molar-refractivity contribution in [2.75, 3.05) is 52.6 Å². The molecule has 3 atom stereocenters. The van der Waals surface area contributed by atoms with Crippen LogP contribution in [0.25, 0.3) is 5.69 Å². The second-order valence-electron chi connectivity index (χ2n) is 25.1. The second kappa shape index (κ2) is 62.2. The number of nitrogens with one attached hydrogen (secondary N) is 8. The van der Waals surface area contributed by atoms with E-state index >= 15 is 0 Å². The van der Waals surface area contributed by atoms with Crippen LogP contribution in [0.5, 0.6) is 0 Å². The molecule has 0 spiro atoms. The molecule has 0 aliphatic heterocycles. The van der Waals surface area contributed by atoms with Gasteiger partial charge in [0, 0.05) is 88.9 Å². The summed E-state index contributed by atoms with van der Waals surface area (Å²) in [5.41, 5.74) is 13.3. The number of aryl methyl sites for hydroxylation is 2. The molecule has 4 rings (SSSR count). The molecule has 8 amide bonds. The zero-order valence-corrected chi connectivity index (χ0v) is 63.0. The molecule has 42 nitrogen and oxygen atoms in total. The lowest BCUT2D eigenvalue weighted by atomic mass is 9.97. The van der Waals surface area contributed by atoms with E-state index in [0.717, 1.165) is 6.42 Å². The van der Waals surface area contributed by atoms with Crippen molar-refractivity contribution in [3.05, 3.63) is 65.0 Å². The monoisotopic (exact) mass is 1580 g/mol. The molecule has 0 fully saturated rings. The van der Waals surface area contributed by atoms with Crippen LogP contribution in [0.3, 0.4) is 0 Å². The van der Waals surface area contributed by atoms with Gasteiger partial charge in [-0.2, -0.15) is 28.8 Å². The van der Waals surface area contributed by atoms with Gasteiger partial charge in [0.25, 0.3) is 0 Å². The number of urea groups is 2. The van der Waals surface area contributed by atoms with Gasteiger partial charge in [-0.3, -0.25) is 47.7 Å². The Balaban J connectivity index is 0.00000663. The summed E-state index contributed by atoms with van der Waals surface area (Å²) >= 11 is 0. The molecule has 3 aromatic heterocycles. The summed E-state index contributed by atoms with van der Waals surface area (Å²) in [7, 11) is 0. The van der Waals surface area contributed by atoms with Crippen LogP contribution in [-0.4, -0.2) is 220 Å². The molecule has 112 heavy (non-hydrogen) atoms. The Labute approximate surface area is 645 Å². The first-order valence-electron chi connectivity index (χ1n) is 36.7. The zero-order valence-electron chi connectivity index (χ0n) is 63.0. The molecule has 0 bridgehead atoms. The predicted octanol–water partition coefficient (Wildman–Crippen LogP) is 1.07. The predicted molar refractivity (Wildman–Crippen MR) is 387 cm³/mol. The van der Waals surface area contributed by atoms with Gasteiger partial charge in [-0.15, -0.1) is 15.3 Å². The number of ether oxygens (including phenoxy) is 2. The Bertz CT molecular complexity index is 3590. The number of unbranched alkanes of at least 4 members (excludes halogenated alkanes) is 11. The number of carboxylic acids is 3. The van der Waals surface area contributed by atoms with Crippen LogP contribution in [0, 0.1) is 0 Å². The zero-order chi connectivity index (χ0) is 83.1. The van der Waals surface area contributed by atoms with Crippen LogP contribution in [0.4, 0.5) is 9.59 Å². The molecule has 4 aromatic rings. The van der Waals surface area contributed by atoms with E-state index in [9.17, 15) is 67.7 Å². The van der Waals surface area contributed by atoms with E-state index in [-0.39, 0.29) is 163 Å². The largest absolute Gasteiger partial charge is 0.481 e. The quantitative estimate of drug-likeness (QED) is 0.0217. The van der Waals surface area contributed by atoms with Crippen molar-refractivity contribution in [2.45, 2.75) is 225 Å². The molecular weight excluding hydrogens is 1470 g/mol. The van der Waals surface area contributed by atoms with Crippen molar-refractivity contribution < 1.29 is 111 Å². The lowest BCUT2D eigenvalue weighted by Gasteiger charge is -2.18. The van der Waals surface area contributed by atoms with Gasteiger partial charge < -0.3 is 78.8 Å². The molecule has 15 N–H and O–H groups in total. The fraction of sp³-hybridized carbons (Fsp3) is 0.614. The Hall–Kier alpha value is -11.5. The molecular formula is C70H105N19O23. The highest BCUT2D eigenvalue weighted by atomic mass is 16.5. The third kappa shape index (κ3) is 48.1. The number of carbonyl (C=O) groups excluding carboxylic acids is 15. The van der Waals surface area contributed by atoms with Gasteiger partial charge in [-0.05, 0) is 108 Å². The maximum Gasteiger partial charge on any atom is 0.373 e. The highest BCUT2D eigenvalue weighted by Gasteiger charge is 2.24. The van der Waals surface area contributed by atoms with E-state index < -0.39 is 66.3 Å². The number of nitrogens with zero attached hydrogens (tertiary/aromatic N) is 9. The minimum atomic E-state index is -1.32. The van der Waals surface area contributed by atoms with Crippen molar-refractivity contribution in [2.24, 2.45) is 11.5 Å². The molecule has 1 aromatic carbocycles. The summed E-state index contributed by atoms with van der Waals surface area (Å²) in [5, 5.41) is 73.7. The van der Waals surface area contributed by atoms with Crippen LogP contribution in [0.2, 0.25) is 0 Å². The third-order valence-corrected chi connectivity index (χ3v) is 16.0. The number of nitrogens with two attached hydrogens (primary N) is 2. The van der Waals surface area contributed by atoms with Crippen LogP contribution < -0.4 is 54.0 Å². The van der Waals surface area contributed by atoms with Gasteiger partial charge in [0.15, 0.2) is 17.3 Å². The van der Waals surface area contributed by atoms with Gasteiger partial charge in [-0.25, -0.2) is 23.9 Å². The molecule has 3 heterocycles. The first-order chi connectivity index (χ1) is 53.9. The number of carboxylic acid groups (broad SMARTS) is 3. The maximum atomic E-state index is 13.9. The van der Waals surface area contributed by atoms with Gasteiger partial charge in [0.1, 0.15) is 48.4 Å². The summed E-state index contributed by atoms with van der Waals surface area (Å²) in [6, 6.07) is 0.299. The first-order valence-corrected chi connectivity index (χ1v) is 36.7. The Morgan fingerprint density at radius 1 is 0.446 bits per heavy atom. The minimum Gasteiger partial charge on any atom is -0.481 e. The topological polar surface area (TPSA) is 627 Å². The Morgan fingerprint density at radius 3 is 1.38 bits per heavy atom. The average molecular weight is 1580 g/mol. The number of hydrogen-bond donors (Lipinski definition) is 13. The fourth-order valence-corrected chi connectivity index (χ4v) is 10.4. The minimum absolute atomic E-state index is 0.0230. The Kier molecular flexibility index (Phi) is 54.7. The number of carbonyl (C=O) groups is 12. The second-order valence-corrected chi connectivity index (χ2v) is 25.1. The molecule has 0 radical (unpaired) electrons. The SMILES string of the molecule is CCCNC(=O)N[C@@H](CCCCn1cc(CNC(=O)CCCCCCC(=O)c2cc(C(=O)CCCCCCC(=O)NCc3cn(CCCCCNC(=O)N[C@@H](CCC(=O)O)C(=O)O)nn3)cc(-n3cc(CNC(=O)[C@H](CCCCCC(=O)COCCN)NC(=O)COCCN)nn3)c2)nn1)C(=O)O.O=C=O.O=C=O.O=C=O. The number of hydrogen-bond acceptors (Lipinski definition) is 28. The summed E-state index contributed by atoms with van der Waals surface area (Å²) in [5.74, 6) is -5.46. The fourth-order valence-electron chi connectivity index (χ4n) is 10.4. The van der Waals surface area contributed by atoms with Crippen molar-refractivity contribution in [1.82, 2.24) is 87.5 Å². The molecule has 618 valence electrons. The van der Waals surface area contributed by atoms with Crippen molar-refractivity contribution >= 4 is 89.4 Å². The molecule has 0 aliphatic carbocycles. The smallest absolute Gasteiger partial charge is 0.373 e. The van der Waals surface area contributed by atoms with E-state index in [1.807, 2.05) is 6.92 Å². The summed E-state index contributed by atoms with van der Waals surface area (Å²) < 4.78 is 15.2. The number of Topliss-reactive ketones (excluding diaryl/α,β-unsaturated/α-hetero) is 3. The molecule has 0 saturated heterocycles. The molecule has 0 unspecified atom stereocenters. The standard InChI is InChI=1S/C67H105N19O17.3CO2/c1-2-30-70-66(100)76-55(64(96)97)21-15-18-33-85-43-50(79-82-85)40-73-60(91)25-14-6-4-12-23-58(89)48-36-47(37-52(38-48)86-44-51(80-83-86)41-74-63(95)54(75-61(92)46-103-35-29-69)20-10-7-9-19-53(87)45-102-34-28-68)57(88)22-11-3-5-13-24-59(90)72-39-49-42-84(81-78-49)32-17-8-16-31-71-67(101)77-56(65(98)99)26-27-62(93)94;3*2-1-3/h36-38,42-44,54-56H,2-35,39-41,45-46,68-69H2,1H3,(H,72,90)(H,73,91)(H,74,95)(H,75,92)(H,93,94)(H,96,97)(H,98,99)(H2,70,76,100)(H2,71,77,101);;;/t54-,55-,56-;;;/m0.../s1. The van der Waals surface area contributed by atoms with Crippen molar-refractivity contribution in [3.63, 3.8) is 0 Å². The number of amides is 8. The average Bonchev–Trinajstić information content (AvgIpc) is 1.33. The number of aromatic nitrogens is 9. The van der Waals surface area contributed by atoms with Gasteiger partial charge in [-0.1, -0.05) is 61.1 Å². The third-order valence-electron chi connectivity index (χ3n) is 16.0. The van der Waals surface area contributed by atoms with Crippen LogP contribution in [0.15, 0.2) is 36.8 Å². The van der Waals surface area contributed by atoms with Gasteiger partial charge in [0.05, 0.1) is 57.1 Å². The van der Waals surface area contributed by atoms with Crippen molar-refractivity contribution in [1.29, 1.82) is 0 Å². The number of rotatable bonds is 59. The van der Waals surface area contributed by atoms with Crippen LogP contribution in [-0.2, 0) is 109 Å².